The highest BCUT2D eigenvalue weighted by atomic mass is 16.6. The van der Waals surface area contributed by atoms with Gasteiger partial charge < -0.3 is 23.6 Å². The lowest BCUT2D eigenvalue weighted by atomic mass is 10.1. The third kappa shape index (κ3) is 4.77. The Labute approximate surface area is 200 Å². The van der Waals surface area contributed by atoms with Crippen LogP contribution in [0.2, 0.25) is 0 Å². The zero-order valence-electron chi connectivity index (χ0n) is 19.2. The van der Waals surface area contributed by atoms with E-state index in [1.807, 2.05) is 30.3 Å². The number of tetrazole rings is 1. The van der Waals surface area contributed by atoms with Crippen molar-refractivity contribution < 1.29 is 18.6 Å². The van der Waals surface area contributed by atoms with E-state index >= 15 is 0 Å². The van der Waals surface area contributed by atoms with Crippen molar-refractivity contribution in [1.29, 1.82) is 0 Å². The monoisotopic (exact) mass is 478 g/mol. The zero-order chi connectivity index (χ0) is 23.6. The highest BCUT2D eigenvalue weighted by molar-refractivity contribution is 5.83. The molecule has 0 bridgehead atoms. The molecule has 0 saturated carbocycles. The number of benzene rings is 1. The number of aromatic amines is 1. The highest BCUT2D eigenvalue weighted by Gasteiger charge is 2.21. The molecule has 1 fully saturated rings. The normalized spacial score (nSPS) is 17.5. The van der Waals surface area contributed by atoms with Crippen molar-refractivity contribution in [1.82, 2.24) is 30.1 Å². The molecule has 0 aliphatic carbocycles. The van der Waals surface area contributed by atoms with Crippen LogP contribution in [0.5, 0.6) is 11.5 Å². The van der Waals surface area contributed by atoms with Crippen LogP contribution in [-0.2, 0) is 30.9 Å². The molecule has 3 aromatic heterocycles. The summed E-state index contributed by atoms with van der Waals surface area (Å²) in [5.74, 6) is 2.83. The van der Waals surface area contributed by atoms with E-state index in [0.717, 1.165) is 30.6 Å². The van der Waals surface area contributed by atoms with Gasteiger partial charge in [-0.15, -0.1) is 5.10 Å². The predicted molar refractivity (Wildman–Crippen MR) is 124 cm³/mol. The van der Waals surface area contributed by atoms with Crippen LogP contribution in [0.1, 0.15) is 30.0 Å². The minimum Gasteiger partial charge on any atom is -0.486 e. The van der Waals surface area contributed by atoms with Gasteiger partial charge in [0.2, 0.25) is 0 Å². The molecule has 1 aromatic carbocycles. The minimum absolute atomic E-state index is 0.122. The lowest BCUT2D eigenvalue weighted by Crippen LogP contribution is -2.28. The molecule has 1 atom stereocenters. The second-order valence-electron chi connectivity index (χ2n) is 8.84. The van der Waals surface area contributed by atoms with E-state index in [4.69, 9.17) is 18.6 Å². The SMILES string of the molecule is O=c1[nH]c2cc3c(cc2cc1CN(Cc1ccco1)Cc1nnnn1C[C@H]1CCCO1)OCCO3. The van der Waals surface area contributed by atoms with Crippen LogP contribution >= 0.6 is 0 Å². The van der Waals surface area contributed by atoms with Crippen molar-refractivity contribution in [2.75, 3.05) is 19.8 Å². The number of hydrogen-bond acceptors (Lipinski definition) is 9. The number of fused-ring (bicyclic) bond motifs is 2. The molecule has 0 spiro atoms. The molecule has 11 heteroatoms. The van der Waals surface area contributed by atoms with E-state index < -0.39 is 0 Å². The van der Waals surface area contributed by atoms with Crippen molar-refractivity contribution >= 4 is 10.9 Å². The third-order valence-electron chi connectivity index (χ3n) is 6.31. The molecular formula is C24H26N6O5. The van der Waals surface area contributed by atoms with Gasteiger partial charge in [0.1, 0.15) is 19.0 Å². The number of rotatable bonds is 8. The third-order valence-corrected chi connectivity index (χ3v) is 6.31. The minimum atomic E-state index is -0.155. The first-order valence-electron chi connectivity index (χ1n) is 11.8. The van der Waals surface area contributed by atoms with Crippen molar-refractivity contribution in [3.8, 4) is 11.5 Å². The number of nitrogens with one attached hydrogen (secondary N) is 1. The predicted octanol–water partition coefficient (Wildman–Crippen LogP) is 2.26. The summed E-state index contributed by atoms with van der Waals surface area (Å²) in [6, 6.07) is 9.38. The average molecular weight is 479 g/mol. The maximum Gasteiger partial charge on any atom is 0.252 e. The summed E-state index contributed by atoms with van der Waals surface area (Å²) in [7, 11) is 0. The molecule has 1 N–H and O–H groups in total. The Morgan fingerprint density at radius 3 is 2.77 bits per heavy atom. The number of pyridine rings is 1. The summed E-state index contributed by atoms with van der Waals surface area (Å²) in [4.78, 5) is 18.1. The molecular weight excluding hydrogens is 452 g/mol. The van der Waals surface area contributed by atoms with Crippen LogP contribution in [0.3, 0.4) is 0 Å². The molecule has 2 aliphatic heterocycles. The van der Waals surface area contributed by atoms with Crippen LogP contribution in [0.4, 0.5) is 0 Å². The first-order chi connectivity index (χ1) is 17.2. The molecule has 5 heterocycles. The average Bonchev–Trinajstić information content (AvgIpc) is 3.63. The summed E-state index contributed by atoms with van der Waals surface area (Å²) in [5.41, 5.74) is 1.18. The first kappa shape index (κ1) is 21.8. The van der Waals surface area contributed by atoms with Crippen molar-refractivity contribution in [3.63, 3.8) is 0 Å². The lowest BCUT2D eigenvalue weighted by Gasteiger charge is -2.22. The van der Waals surface area contributed by atoms with Crippen LogP contribution in [0, 0.1) is 0 Å². The second-order valence-corrected chi connectivity index (χ2v) is 8.84. The first-order valence-corrected chi connectivity index (χ1v) is 11.8. The zero-order valence-corrected chi connectivity index (χ0v) is 19.2. The Morgan fingerprint density at radius 1 is 1.09 bits per heavy atom. The summed E-state index contributed by atoms with van der Waals surface area (Å²) < 4.78 is 24.5. The van der Waals surface area contributed by atoms with Gasteiger partial charge in [-0.2, -0.15) is 0 Å². The van der Waals surface area contributed by atoms with Gasteiger partial charge in [0.15, 0.2) is 17.3 Å². The summed E-state index contributed by atoms with van der Waals surface area (Å²) in [5, 5.41) is 13.2. The Hall–Kier alpha value is -3.70. The van der Waals surface area contributed by atoms with E-state index in [2.05, 4.69) is 25.4 Å². The van der Waals surface area contributed by atoms with Gasteiger partial charge >= 0.3 is 0 Å². The second kappa shape index (κ2) is 9.51. The lowest BCUT2D eigenvalue weighted by molar-refractivity contribution is 0.0913. The molecule has 11 nitrogen and oxygen atoms in total. The Balaban J connectivity index is 1.28. The van der Waals surface area contributed by atoms with E-state index in [9.17, 15) is 4.79 Å². The number of furan rings is 1. The summed E-state index contributed by atoms with van der Waals surface area (Å²) in [6.45, 7) is 3.71. The fourth-order valence-corrected chi connectivity index (χ4v) is 4.60. The van der Waals surface area contributed by atoms with E-state index in [-0.39, 0.29) is 11.7 Å². The maximum absolute atomic E-state index is 13.0. The number of hydrogen-bond donors (Lipinski definition) is 1. The highest BCUT2D eigenvalue weighted by Crippen LogP contribution is 2.33. The molecule has 0 radical (unpaired) electrons. The Morgan fingerprint density at radius 2 is 1.97 bits per heavy atom. The van der Waals surface area contributed by atoms with Gasteiger partial charge in [-0.1, -0.05) is 0 Å². The molecule has 1 saturated heterocycles. The maximum atomic E-state index is 13.0. The fraction of sp³-hybridized carbons (Fsp3) is 0.417. The number of ether oxygens (including phenoxy) is 3. The fourth-order valence-electron chi connectivity index (χ4n) is 4.60. The molecule has 4 aromatic rings. The standard InChI is InChI=1S/C24H26N6O5/c31-24-17(9-16-10-21-22(11-20(16)25-24)35-8-7-34-21)12-29(13-18-3-1-5-32-18)15-23-26-27-28-30(23)14-19-4-2-6-33-19/h1,3,5,9-11,19H,2,4,6-8,12-15H2,(H,25,31)/t19-/m1/s1. The Kier molecular flexibility index (Phi) is 5.93. The number of nitrogens with zero attached hydrogens (tertiary/aromatic N) is 5. The quantitative estimate of drug-likeness (QED) is 0.406. The molecule has 0 unspecified atom stereocenters. The molecule has 0 amide bonds. The van der Waals surface area contributed by atoms with Gasteiger partial charge in [0.25, 0.3) is 5.56 Å². The molecule has 6 rings (SSSR count). The van der Waals surface area contributed by atoms with Crippen molar-refractivity contribution in [2.24, 2.45) is 0 Å². The van der Waals surface area contributed by atoms with Crippen molar-refractivity contribution in [2.45, 2.75) is 45.1 Å². The van der Waals surface area contributed by atoms with Crippen LogP contribution < -0.4 is 15.0 Å². The van der Waals surface area contributed by atoms with Gasteiger partial charge in [0, 0.05) is 30.2 Å². The van der Waals surface area contributed by atoms with Crippen LogP contribution in [-0.4, -0.2) is 56.0 Å². The summed E-state index contributed by atoms with van der Waals surface area (Å²) in [6.07, 6.45) is 3.82. The van der Waals surface area contributed by atoms with E-state index in [0.29, 0.717) is 67.8 Å². The van der Waals surface area contributed by atoms with Gasteiger partial charge in [-0.3, -0.25) is 9.69 Å². The van der Waals surface area contributed by atoms with Crippen molar-refractivity contribution in [3.05, 3.63) is 64.1 Å². The van der Waals surface area contributed by atoms with E-state index in [1.54, 1.807) is 10.9 Å². The van der Waals surface area contributed by atoms with Gasteiger partial charge in [-0.05, 0) is 47.5 Å². The van der Waals surface area contributed by atoms with Gasteiger partial charge in [-0.25, -0.2) is 4.68 Å². The smallest absolute Gasteiger partial charge is 0.252 e. The molecule has 2 aliphatic rings. The van der Waals surface area contributed by atoms with Crippen LogP contribution in [0.25, 0.3) is 10.9 Å². The van der Waals surface area contributed by atoms with E-state index in [1.165, 1.54) is 0 Å². The topological polar surface area (TPSA) is 121 Å². The Bertz CT molecular complexity index is 1360. The largest absolute Gasteiger partial charge is 0.486 e. The molecule has 35 heavy (non-hydrogen) atoms. The summed E-state index contributed by atoms with van der Waals surface area (Å²) >= 11 is 0. The van der Waals surface area contributed by atoms with Gasteiger partial charge in [0.05, 0.1) is 37.5 Å². The number of aromatic nitrogens is 5. The molecule has 182 valence electrons. The van der Waals surface area contributed by atoms with Crippen LogP contribution in [0.15, 0.2) is 45.8 Å². The number of H-pyrrole nitrogens is 1.